The molecule has 0 bridgehead atoms. The normalized spacial score (nSPS) is 14.3. The Morgan fingerprint density at radius 3 is 2.32 bits per heavy atom. The molecular weight excluding hydrogens is 518 g/mol. The van der Waals surface area contributed by atoms with Crippen LogP contribution < -0.4 is 4.74 Å². The van der Waals surface area contributed by atoms with Crippen LogP contribution in [0.4, 0.5) is 4.79 Å². The van der Waals surface area contributed by atoms with Gasteiger partial charge in [0.25, 0.3) is 11.1 Å². The van der Waals surface area contributed by atoms with Crippen molar-refractivity contribution in [1.82, 2.24) is 9.47 Å². The Morgan fingerprint density at radius 1 is 0.974 bits per heavy atom. The molecule has 0 radical (unpaired) electrons. The SMILES string of the molecule is Cc1cc(/C=C2\SC(=O)N(Cc3cccc(Cl)c3)C2=O)c(C)n1-c1ccc(Oc2ccc(C#N)cc2)cc1. The molecule has 5 rings (SSSR count). The number of carbonyl (C=O) groups is 2. The number of hydrogen-bond donors (Lipinski definition) is 0. The van der Waals surface area contributed by atoms with Gasteiger partial charge in [0.15, 0.2) is 0 Å². The maximum atomic E-state index is 13.1. The fourth-order valence-corrected chi connectivity index (χ4v) is 5.37. The number of imide groups is 1. The summed E-state index contributed by atoms with van der Waals surface area (Å²) >= 11 is 7.00. The number of aromatic nitrogens is 1. The van der Waals surface area contributed by atoms with Crippen LogP contribution in [0.15, 0.2) is 83.8 Å². The Bertz CT molecular complexity index is 1620. The number of nitrogens with zero attached hydrogens (tertiary/aromatic N) is 3. The third kappa shape index (κ3) is 5.23. The molecule has 1 aliphatic heterocycles. The number of thioether (sulfide) groups is 1. The molecule has 0 saturated carbocycles. The van der Waals surface area contributed by atoms with Gasteiger partial charge in [0, 0.05) is 22.1 Å². The van der Waals surface area contributed by atoms with E-state index in [1.807, 2.05) is 50.2 Å². The van der Waals surface area contributed by atoms with Gasteiger partial charge in [0.1, 0.15) is 11.5 Å². The number of halogens is 1. The summed E-state index contributed by atoms with van der Waals surface area (Å²) in [5.74, 6) is 1.01. The first-order valence-electron chi connectivity index (χ1n) is 11.8. The van der Waals surface area contributed by atoms with Gasteiger partial charge in [-0.05, 0) is 110 Å². The summed E-state index contributed by atoms with van der Waals surface area (Å²) in [5.41, 5.74) is 5.13. The second kappa shape index (κ2) is 10.6. The third-order valence-electron chi connectivity index (χ3n) is 6.17. The van der Waals surface area contributed by atoms with E-state index in [4.69, 9.17) is 21.6 Å². The Labute approximate surface area is 229 Å². The smallest absolute Gasteiger partial charge is 0.293 e. The van der Waals surface area contributed by atoms with Crippen molar-refractivity contribution in [2.45, 2.75) is 20.4 Å². The van der Waals surface area contributed by atoms with Crippen LogP contribution in [0.1, 0.15) is 28.1 Å². The van der Waals surface area contributed by atoms with Gasteiger partial charge in [-0.3, -0.25) is 14.5 Å². The van der Waals surface area contributed by atoms with E-state index in [9.17, 15) is 9.59 Å². The van der Waals surface area contributed by atoms with Gasteiger partial charge in [0.2, 0.25) is 0 Å². The third-order valence-corrected chi connectivity index (χ3v) is 7.32. The molecule has 2 amide bonds. The summed E-state index contributed by atoms with van der Waals surface area (Å²) in [6.07, 6.45) is 1.78. The highest BCUT2D eigenvalue weighted by molar-refractivity contribution is 8.18. The predicted octanol–water partition coefficient (Wildman–Crippen LogP) is 7.65. The zero-order valence-corrected chi connectivity index (χ0v) is 22.2. The number of nitriles is 1. The number of aryl methyl sites for hydroxylation is 1. The van der Waals surface area contributed by atoms with Gasteiger partial charge in [0.05, 0.1) is 23.1 Å². The Morgan fingerprint density at radius 2 is 1.66 bits per heavy atom. The van der Waals surface area contributed by atoms with Crippen LogP contribution in [0.25, 0.3) is 11.8 Å². The lowest BCUT2D eigenvalue weighted by atomic mass is 10.2. The maximum Gasteiger partial charge on any atom is 0.293 e. The molecule has 2 heterocycles. The molecule has 0 spiro atoms. The van der Waals surface area contributed by atoms with Crippen molar-refractivity contribution in [2.24, 2.45) is 0 Å². The van der Waals surface area contributed by atoms with Crippen molar-refractivity contribution in [2.75, 3.05) is 0 Å². The summed E-state index contributed by atoms with van der Waals surface area (Å²) < 4.78 is 7.98. The Balaban J connectivity index is 1.34. The number of benzene rings is 3. The Hall–Kier alpha value is -4.25. The zero-order chi connectivity index (χ0) is 26.8. The second-order valence-corrected chi connectivity index (χ2v) is 10.2. The summed E-state index contributed by atoms with van der Waals surface area (Å²) in [5, 5.41) is 9.21. The molecule has 0 aliphatic carbocycles. The first-order chi connectivity index (χ1) is 18.3. The average molecular weight is 540 g/mol. The minimum atomic E-state index is -0.311. The zero-order valence-electron chi connectivity index (χ0n) is 20.6. The van der Waals surface area contributed by atoms with Crippen molar-refractivity contribution in [1.29, 1.82) is 5.26 Å². The topological polar surface area (TPSA) is 75.3 Å². The highest BCUT2D eigenvalue weighted by Gasteiger charge is 2.35. The Kier molecular flexibility index (Phi) is 7.10. The van der Waals surface area contributed by atoms with Crippen LogP contribution in [-0.2, 0) is 11.3 Å². The van der Waals surface area contributed by atoms with E-state index < -0.39 is 0 Å². The van der Waals surface area contributed by atoms with E-state index >= 15 is 0 Å². The molecule has 1 aromatic heterocycles. The standard InChI is InChI=1S/C30H22ClN3O3S/c1-19-14-23(16-28-29(35)33(30(36)38-28)18-22-4-3-5-24(31)15-22)20(2)34(19)25-8-12-27(13-9-25)37-26-10-6-21(17-32)7-11-26/h3-16H,18H2,1-2H3/b28-16-. The number of rotatable bonds is 6. The molecule has 4 aromatic rings. The monoisotopic (exact) mass is 539 g/mol. The lowest BCUT2D eigenvalue weighted by Crippen LogP contribution is -2.27. The van der Waals surface area contributed by atoms with Crippen LogP contribution >= 0.6 is 23.4 Å². The molecule has 0 N–H and O–H groups in total. The van der Waals surface area contributed by atoms with Gasteiger partial charge < -0.3 is 9.30 Å². The number of ether oxygens (including phenoxy) is 1. The van der Waals surface area contributed by atoms with E-state index in [1.165, 1.54) is 4.90 Å². The van der Waals surface area contributed by atoms with Crippen LogP contribution in [0.3, 0.4) is 0 Å². The van der Waals surface area contributed by atoms with Gasteiger partial charge in [-0.25, -0.2) is 0 Å². The summed E-state index contributed by atoms with van der Waals surface area (Å²) in [6, 6.07) is 25.9. The van der Waals surface area contributed by atoms with Crippen LogP contribution in [0.2, 0.25) is 5.02 Å². The van der Waals surface area contributed by atoms with Gasteiger partial charge in [-0.1, -0.05) is 23.7 Å². The number of hydrogen-bond acceptors (Lipinski definition) is 5. The quantitative estimate of drug-likeness (QED) is 0.235. The minimum absolute atomic E-state index is 0.179. The summed E-state index contributed by atoms with van der Waals surface area (Å²) in [6.45, 7) is 4.16. The fraction of sp³-hybridized carbons (Fsp3) is 0.100. The van der Waals surface area contributed by atoms with Crippen molar-refractivity contribution < 1.29 is 14.3 Å². The van der Waals surface area contributed by atoms with Crippen molar-refractivity contribution >= 4 is 40.6 Å². The van der Waals surface area contributed by atoms with Crippen LogP contribution in [0, 0.1) is 25.2 Å². The minimum Gasteiger partial charge on any atom is -0.457 e. The van der Waals surface area contributed by atoms with E-state index in [-0.39, 0.29) is 17.7 Å². The molecular formula is C30H22ClN3O3S. The molecule has 188 valence electrons. The van der Waals surface area contributed by atoms with Crippen molar-refractivity contribution in [3.63, 3.8) is 0 Å². The first-order valence-corrected chi connectivity index (χ1v) is 13.0. The average Bonchev–Trinajstić information content (AvgIpc) is 3.33. The molecule has 1 saturated heterocycles. The van der Waals surface area contributed by atoms with Gasteiger partial charge >= 0.3 is 0 Å². The first kappa shape index (κ1) is 25.4. The van der Waals surface area contributed by atoms with E-state index in [2.05, 4.69) is 10.6 Å². The number of carbonyl (C=O) groups excluding carboxylic acids is 2. The molecule has 1 aliphatic rings. The van der Waals surface area contributed by atoms with Gasteiger partial charge in [-0.15, -0.1) is 0 Å². The lowest BCUT2D eigenvalue weighted by molar-refractivity contribution is -0.123. The van der Waals surface area contributed by atoms with Crippen LogP contribution in [0.5, 0.6) is 11.5 Å². The summed E-state index contributed by atoms with van der Waals surface area (Å²) in [4.78, 5) is 27.3. The van der Waals surface area contributed by atoms with Crippen LogP contribution in [-0.4, -0.2) is 20.6 Å². The van der Waals surface area contributed by atoms with E-state index in [0.717, 1.165) is 40.0 Å². The second-order valence-electron chi connectivity index (χ2n) is 8.79. The predicted molar refractivity (Wildman–Crippen MR) is 149 cm³/mol. The molecule has 8 heteroatoms. The maximum absolute atomic E-state index is 13.1. The molecule has 0 unspecified atom stereocenters. The highest BCUT2D eigenvalue weighted by atomic mass is 35.5. The van der Waals surface area contributed by atoms with Gasteiger partial charge in [-0.2, -0.15) is 5.26 Å². The van der Waals surface area contributed by atoms with E-state index in [1.54, 1.807) is 48.5 Å². The summed E-state index contributed by atoms with van der Waals surface area (Å²) in [7, 11) is 0. The van der Waals surface area contributed by atoms with Crippen molar-refractivity contribution in [3.8, 4) is 23.3 Å². The van der Waals surface area contributed by atoms with E-state index in [0.29, 0.717) is 27.0 Å². The van der Waals surface area contributed by atoms with Crippen molar-refractivity contribution in [3.05, 3.63) is 117 Å². The highest BCUT2D eigenvalue weighted by Crippen LogP contribution is 2.35. The molecule has 0 atom stereocenters. The number of amides is 2. The molecule has 38 heavy (non-hydrogen) atoms. The molecule has 1 fully saturated rings. The fourth-order valence-electron chi connectivity index (χ4n) is 4.32. The molecule has 3 aromatic carbocycles. The largest absolute Gasteiger partial charge is 0.457 e. The lowest BCUT2D eigenvalue weighted by Gasteiger charge is -2.12. The molecule has 6 nitrogen and oxygen atoms in total.